The van der Waals surface area contributed by atoms with E-state index < -0.39 is 5.97 Å². The van der Waals surface area contributed by atoms with Crippen molar-refractivity contribution >= 4 is 17.9 Å². The Morgan fingerprint density at radius 3 is 2.68 bits per heavy atom. The van der Waals surface area contributed by atoms with Gasteiger partial charge in [0.1, 0.15) is 0 Å². The zero-order chi connectivity index (χ0) is 13.8. The highest BCUT2D eigenvalue weighted by molar-refractivity contribution is 5.87. The number of carboxylic acids is 1. The number of aliphatic carboxylic acids is 1. The predicted octanol–water partition coefficient (Wildman–Crippen LogP) is 1.19. The Hall–Kier alpha value is -2.18. The Morgan fingerprint density at radius 1 is 1.42 bits per heavy atom. The fourth-order valence-corrected chi connectivity index (χ4v) is 2.23. The number of nitrogens with one attached hydrogen (secondary N) is 1. The Bertz CT molecular complexity index is 465. The van der Waals surface area contributed by atoms with E-state index in [0.29, 0.717) is 19.4 Å². The van der Waals surface area contributed by atoms with Gasteiger partial charge >= 0.3 is 12.0 Å². The van der Waals surface area contributed by atoms with Crippen LogP contribution in [0, 0.1) is 5.92 Å². The molecular weight excluding hydrogens is 248 g/mol. The summed E-state index contributed by atoms with van der Waals surface area (Å²) in [5.74, 6) is -0.912. The number of hydrogen-bond donors (Lipinski definition) is 2. The molecule has 0 aliphatic carbocycles. The Kier molecular flexibility index (Phi) is 3.94. The molecule has 2 N–H and O–H groups in total. The number of carboxylic acid groups (broad SMARTS) is 1. The molecule has 2 heterocycles. The number of aromatic nitrogens is 2. The molecule has 1 saturated heterocycles. The highest BCUT2D eigenvalue weighted by atomic mass is 16.4. The first-order valence-electron chi connectivity index (χ1n) is 6.15. The normalized spacial score (nSPS) is 22.9. The summed E-state index contributed by atoms with van der Waals surface area (Å²) in [6.07, 6.45) is 4.03. The number of carbonyl (C=O) groups is 2. The van der Waals surface area contributed by atoms with Gasteiger partial charge in [0, 0.05) is 25.0 Å². The molecule has 7 heteroatoms. The molecule has 1 aromatic heterocycles. The van der Waals surface area contributed by atoms with E-state index in [4.69, 9.17) is 5.11 Å². The van der Waals surface area contributed by atoms with Crippen LogP contribution in [-0.4, -0.2) is 44.6 Å². The van der Waals surface area contributed by atoms with Crippen molar-refractivity contribution < 1.29 is 14.7 Å². The summed E-state index contributed by atoms with van der Waals surface area (Å²) in [4.78, 5) is 32.4. The highest BCUT2D eigenvalue weighted by Crippen LogP contribution is 2.23. The van der Waals surface area contributed by atoms with Gasteiger partial charge in [0.05, 0.1) is 5.92 Å². The molecule has 0 bridgehead atoms. The van der Waals surface area contributed by atoms with Crippen LogP contribution in [0.15, 0.2) is 18.5 Å². The van der Waals surface area contributed by atoms with Crippen LogP contribution in [0.2, 0.25) is 0 Å². The van der Waals surface area contributed by atoms with E-state index in [0.717, 1.165) is 0 Å². The second kappa shape index (κ2) is 5.64. The molecule has 2 atom stereocenters. The summed E-state index contributed by atoms with van der Waals surface area (Å²) in [6.45, 7) is 2.28. The minimum absolute atomic E-state index is 0.112. The van der Waals surface area contributed by atoms with Gasteiger partial charge < -0.3 is 10.0 Å². The van der Waals surface area contributed by atoms with Gasteiger partial charge in [0.15, 0.2) is 0 Å². The van der Waals surface area contributed by atoms with Crippen LogP contribution in [0.4, 0.5) is 10.7 Å². The summed E-state index contributed by atoms with van der Waals surface area (Å²) >= 11 is 0. The zero-order valence-electron chi connectivity index (χ0n) is 10.6. The lowest BCUT2D eigenvalue weighted by Gasteiger charge is -2.35. The lowest BCUT2D eigenvalue weighted by molar-refractivity contribution is -0.143. The predicted molar refractivity (Wildman–Crippen MR) is 67.6 cm³/mol. The van der Waals surface area contributed by atoms with Crippen molar-refractivity contribution in [2.24, 2.45) is 5.92 Å². The third-order valence-electron chi connectivity index (χ3n) is 3.27. The maximum atomic E-state index is 12.0. The molecule has 0 aromatic carbocycles. The van der Waals surface area contributed by atoms with E-state index in [9.17, 15) is 9.59 Å². The Morgan fingerprint density at radius 2 is 2.11 bits per heavy atom. The summed E-state index contributed by atoms with van der Waals surface area (Å²) in [5, 5.41) is 11.6. The van der Waals surface area contributed by atoms with E-state index in [2.05, 4.69) is 15.3 Å². The third-order valence-corrected chi connectivity index (χ3v) is 3.27. The molecule has 1 fully saturated rings. The summed E-state index contributed by atoms with van der Waals surface area (Å²) < 4.78 is 0. The molecule has 1 aliphatic heterocycles. The van der Waals surface area contributed by atoms with Crippen LogP contribution < -0.4 is 5.32 Å². The van der Waals surface area contributed by atoms with Crippen molar-refractivity contribution in [1.29, 1.82) is 0 Å². The number of urea groups is 1. The molecule has 7 nitrogen and oxygen atoms in total. The topological polar surface area (TPSA) is 95.4 Å². The number of hydrogen-bond acceptors (Lipinski definition) is 4. The molecule has 0 saturated carbocycles. The van der Waals surface area contributed by atoms with Crippen LogP contribution in [0.3, 0.4) is 0 Å². The van der Waals surface area contributed by atoms with Gasteiger partial charge in [0.25, 0.3) is 0 Å². The number of carbonyl (C=O) groups excluding carboxylic acids is 1. The van der Waals surface area contributed by atoms with Gasteiger partial charge in [-0.15, -0.1) is 0 Å². The van der Waals surface area contributed by atoms with Crippen molar-refractivity contribution in [2.75, 3.05) is 11.9 Å². The molecule has 2 amide bonds. The smallest absolute Gasteiger partial charge is 0.324 e. The molecule has 0 radical (unpaired) electrons. The zero-order valence-corrected chi connectivity index (χ0v) is 10.6. The highest BCUT2D eigenvalue weighted by Gasteiger charge is 2.32. The number of amides is 2. The molecule has 1 aromatic rings. The van der Waals surface area contributed by atoms with Gasteiger partial charge in [-0.05, 0) is 25.8 Å². The fraction of sp³-hybridized carbons (Fsp3) is 0.500. The van der Waals surface area contributed by atoms with Gasteiger partial charge in [-0.25, -0.2) is 14.8 Å². The maximum absolute atomic E-state index is 12.0. The van der Waals surface area contributed by atoms with Crippen molar-refractivity contribution in [3.8, 4) is 0 Å². The first kappa shape index (κ1) is 13.3. The first-order valence-corrected chi connectivity index (χ1v) is 6.15. The average Bonchev–Trinajstić information content (AvgIpc) is 2.39. The van der Waals surface area contributed by atoms with Gasteiger partial charge in [-0.3, -0.25) is 10.1 Å². The third kappa shape index (κ3) is 3.18. The standard InChI is InChI=1S/C12H16N4O3/c1-8-7-9(10(17)18)3-6-16(8)12(19)15-11-13-4-2-5-14-11/h2,4-5,8-9H,3,6-7H2,1H3,(H,17,18)(H,13,14,15,19). The fourth-order valence-electron chi connectivity index (χ4n) is 2.23. The van der Waals surface area contributed by atoms with E-state index in [1.165, 1.54) is 0 Å². The number of rotatable bonds is 2. The molecular formula is C12H16N4O3. The van der Waals surface area contributed by atoms with E-state index in [-0.39, 0.29) is 23.9 Å². The molecule has 19 heavy (non-hydrogen) atoms. The molecule has 102 valence electrons. The lowest BCUT2D eigenvalue weighted by Crippen LogP contribution is -2.48. The quantitative estimate of drug-likeness (QED) is 0.836. The second-order valence-electron chi connectivity index (χ2n) is 4.60. The lowest BCUT2D eigenvalue weighted by atomic mass is 9.92. The Labute approximate surface area is 110 Å². The van der Waals surface area contributed by atoms with Crippen molar-refractivity contribution in [2.45, 2.75) is 25.8 Å². The first-order chi connectivity index (χ1) is 9.08. The number of piperidine rings is 1. The van der Waals surface area contributed by atoms with Gasteiger partial charge in [0.2, 0.25) is 5.95 Å². The van der Waals surface area contributed by atoms with Crippen LogP contribution in [0.1, 0.15) is 19.8 Å². The molecule has 2 rings (SSSR count). The molecule has 2 unspecified atom stereocenters. The SMILES string of the molecule is CC1CC(C(=O)O)CCN1C(=O)Nc1ncccn1. The monoisotopic (exact) mass is 264 g/mol. The minimum Gasteiger partial charge on any atom is -0.481 e. The molecule has 0 spiro atoms. The van der Waals surface area contributed by atoms with Crippen molar-refractivity contribution in [1.82, 2.24) is 14.9 Å². The number of nitrogens with zero attached hydrogens (tertiary/aromatic N) is 3. The average molecular weight is 264 g/mol. The van der Waals surface area contributed by atoms with E-state index in [1.807, 2.05) is 6.92 Å². The van der Waals surface area contributed by atoms with Crippen molar-refractivity contribution in [3.05, 3.63) is 18.5 Å². The largest absolute Gasteiger partial charge is 0.481 e. The summed E-state index contributed by atoms with van der Waals surface area (Å²) in [5.41, 5.74) is 0. The van der Waals surface area contributed by atoms with E-state index >= 15 is 0 Å². The summed E-state index contributed by atoms with van der Waals surface area (Å²) in [6, 6.07) is 1.26. The van der Waals surface area contributed by atoms with E-state index in [1.54, 1.807) is 23.4 Å². The van der Waals surface area contributed by atoms with Crippen LogP contribution in [0.5, 0.6) is 0 Å². The van der Waals surface area contributed by atoms with Crippen molar-refractivity contribution in [3.63, 3.8) is 0 Å². The maximum Gasteiger partial charge on any atom is 0.324 e. The Balaban J connectivity index is 1.95. The van der Waals surface area contributed by atoms with Gasteiger partial charge in [-0.1, -0.05) is 0 Å². The van der Waals surface area contributed by atoms with Gasteiger partial charge in [-0.2, -0.15) is 0 Å². The van der Waals surface area contributed by atoms with Crippen LogP contribution >= 0.6 is 0 Å². The number of anilines is 1. The molecule has 1 aliphatic rings. The van der Waals surface area contributed by atoms with Crippen LogP contribution in [-0.2, 0) is 4.79 Å². The number of likely N-dealkylation sites (tertiary alicyclic amines) is 1. The second-order valence-corrected chi connectivity index (χ2v) is 4.60. The van der Waals surface area contributed by atoms with Crippen LogP contribution in [0.25, 0.3) is 0 Å². The summed E-state index contributed by atoms with van der Waals surface area (Å²) in [7, 11) is 0. The minimum atomic E-state index is -0.793.